The summed E-state index contributed by atoms with van der Waals surface area (Å²) in [5.41, 5.74) is 4.27. The van der Waals surface area contributed by atoms with Crippen LogP contribution in [0.1, 0.15) is 70.9 Å². The molecule has 5 nitrogen and oxygen atoms in total. The van der Waals surface area contributed by atoms with Gasteiger partial charge in [0.15, 0.2) is 0 Å². The number of rotatable bonds is 7. The van der Waals surface area contributed by atoms with Crippen molar-refractivity contribution in [1.82, 2.24) is 15.2 Å². The van der Waals surface area contributed by atoms with Gasteiger partial charge in [-0.1, -0.05) is 79.4 Å². The second-order valence-electron chi connectivity index (χ2n) is 9.24. The third-order valence-electron chi connectivity index (χ3n) is 6.61. The topological polar surface area (TPSA) is 62.3 Å². The van der Waals surface area contributed by atoms with Gasteiger partial charge in [0.25, 0.3) is 5.91 Å². The van der Waals surface area contributed by atoms with Crippen LogP contribution in [0.4, 0.5) is 0 Å². The van der Waals surface area contributed by atoms with Gasteiger partial charge in [-0.15, -0.1) is 0 Å². The van der Waals surface area contributed by atoms with Crippen molar-refractivity contribution in [3.05, 3.63) is 101 Å². The monoisotopic (exact) mass is 455 g/mol. The minimum atomic E-state index is -0.751. The van der Waals surface area contributed by atoms with Gasteiger partial charge in [-0.25, -0.2) is 0 Å². The number of pyridine rings is 1. The van der Waals surface area contributed by atoms with Crippen LogP contribution in [0.25, 0.3) is 0 Å². The molecular formula is C29H33N3O2. The number of carbonyl (C=O) groups excluding carboxylic acids is 2. The van der Waals surface area contributed by atoms with Crippen LogP contribution in [0.3, 0.4) is 0 Å². The predicted molar refractivity (Wildman–Crippen MR) is 134 cm³/mol. The SMILES string of the molecule is Cc1ccc(CN(C(=O)c2ccccn2)C(C(=O)NC2CCCCC2)c2ccccc2C)cc1. The van der Waals surface area contributed by atoms with Crippen LogP contribution in [-0.2, 0) is 11.3 Å². The van der Waals surface area contributed by atoms with E-state index in [1.165, 1.54) is 6.42 Å². The molecule has 1 aliphatic rings. The van der Waals surface area contributed by atoms with E-state index in [9.17, 15) is 9.59 Å². The van der Waals surface area contributed by atoms with E-state index in [4.69, 9.17) is 0 Å². The first-order valence-corrected chi connectivity index (χ1v) is 12.2. The normalized spacial score (nSPS) is 14.9. The molecule has 0 bridgehead atoms. The molecule has 0 aliphatic heterocycles. The van der Waals surface area contributed by atoms with Crippen molar-refractivity contribution < 1.29 is 9.59 Å². The Labute approximate surface area is 202 Å². The van der Waals surface area contributed by atoms with E-state index in [-0.39, 0.29) is 17.9 Å². The highest BCUT2D eigenvalue weighted by atomic mass is 16.2. The molecule has 1 aliphatic carbocycles. The Hall–Kier alpha value is -3.47. The summed E-state index contributed by atoms with van der Waals surface area (Å²) in [5.74, 6) is -0.384. The zero-order chi connectivity index (χ0) is 23.9. The number of nitrogens with one attached hydrogen (secondary N) is 1. The van der Waals surface area contributed by atoms with E-state index < -0.39 is 6.04 Å². The lowest BCUT2D eigenvalue weighted by atomic mass is 9.93. The lowest BCUT2D eigenvalue weighted by Gasteiger charge is -2.34. The number of benzene rings is 2. The molecule has 5 heteroatoms. The second-order valence-corrected chi connectivity index (χ2v) is 9.24. The Bertz CT molecular complexity index is 1110. The number of carbonyl (C=O) groups is 2. The van der Waals surface area contributed by atoms with Crippen LogP contribution in [0.5, 0.6) is 0 Å². The highest BCUT2D eigenvalue weighted by Gasteiger charge is 2.34. The van der Waals surface area contributed by atoms with Crippen LogP contribution in [-0.4, -0.2) is 27.7 Å². The molecule has 1 fully saturated rings. The number of nitrogens with zero attached hydrogens (tertiary/aromatic N) is 2. The average molecular weight is 456 g/mol. The van der Waals surface area contributed by atoms with Crippen LogP contribution in [0, 0.1) is 13.8 Å². The standard InChI is InChI=1S/C29H33N3O2/c1-21-15-17-23(18-16-21)20-32(29(34)26-14-8-9-19-30-26)27(25-13-7-6-10-22(25)2)28(33)31-24-11-4-3-5-12-24/h6-10,13-19,24,27H,3-5,11-12,20H2,1-2H3,(H,31,33). The number of aryl methyl sites for hydroxylation is 2. The molecular weight excluding hydrogens is 422 g/mol. The summed E-state index contributed by atoms with van der Waals surface area (Å²) < 4.78 is 0. The Balaban J connectivity index is 1.75. The number of aromatic nitrogens is 1. The van der Waals surface area contributed by atoms with Gasteiger partial charge in [-0.3, -0.25) is 14.6 Å². The third kappa shape index (κ3) is 5.71. The highest BCUT2D eigenvalue weighted by molar-refractivity contribution is 5.96. The molecule has 1 aromatic heterocycles. The van der Waals surface area contributed by atoms with Crippen LogP contribution < -0.4 is 5.32 Å². The fraction of sp³-hybridized carbons (Fsp3) is 0.345. The van der Waals surface area contributed by atoms with Gasteiger partial charge >= 0.3 is 0 Å². The molecule has 2 aromatic carbocycles. The molecule has 0 spiro atoms. The Morgan fingerprint density at radius 1 is 0.941 bits per heavy atom. The van der Waals surface area contributed by atoms with Crippen molar-refractivity contribution in [3.63, 3.8) is 0 Å². The largest absolute Gasteiger partial charge is 0.351 e. The fourth-order valence-corrected chi connectivity index (χ4v) is 4.68. The minimum absolute atomic E-state index is 0.127. The zero-order valence-corrected chi connectivity index (χ0v) is 20.0. The molecule has 1 unspecified atom stereocenters. The van der Waals surface area contributed by atoms with E-state index in [0.717, 1.165) is 47.9 Å². The highest BCUT2D eigenvalue weighted by Crippen LogP contribution is 2.29. The number of hydrogen-bond acceptors (Lipinski definition) is 3. The smallest absolute Gasteiger partial charge is 0.273 e. The first kappa shape index (κ1) is 23.7. The van der Waals surface area contributed by atoms with Gasteiger partial charge in [-0.05, 0) is 55.5 Å². The lowest BCUT2D eigenvalue weighted by molar-refractivity contribution is -0.127. The summed E-state index contributed by atoms with van der Waals surface area (Å²) in [5, 5.41) is 3.27. The van der Waals surface area contributed by atoms with Crippen molar-refractivity contribution in [2.24, 2.45) is 0 Å². The molecule has 2 amide bonds. The van der Waals surface area contributed by atoms with Crippen molar-refractivity contribution >= 4 is 11.8 Å². The predicted octanol–water partition coefficient (Wildman–Crippen LogP) is 5.53. The van der Waals surface area contributed by atoms with E-state index in [1.54, 1.807) is 29.3 Å². The molecule has 1 heterocycles. The molecule has 1 N–H and O–H groups in total. The Morgan fingerprint density at radius 3 is 2.32 bits per heavy atom. The summed E-state index contributed by atoms with van der Waals surface area (Å²) in [6.45, 7) is 4.34. The van der Waals surface area contributed by atoms with E-state index in [0.29, 0.717) is 12.2 Å². The summed E-state index contributed by atoms with van der Waals surface area (Å²) in [6.07, 6.45) is 7.05. The second kappa shape index (κ2) is 11.1. The fourth-order valence-electron chi connectivity index (χ4n) is 4.68. The lowest BCUT2D eigenvalue weighted by Crippen LogP contribution is -2.47. The maximum absolute atomic E-state index is 13.9. The van der Waals surface area contributed by atoms with Crippen LogP contribution >= 0.6 is 0 Å². The van der Waals surface area contributed by atoms with E-state index in [1.807, 2.05) is 62.4 Å². The Kier molecular flexibility index (Phi) is 7.73. The van der Waals surface area contributed by atoms with Gasteiger partial charge in [0.2, 0.25) is 5.91 Å². The van der Waals surface area contributed by atoms with Crippen LogP contribution in [0.15, 0.2) is 72.9 Å². The van der Waals surface area contributed by atoms with Crippen molar-refractivity contribution in [2.75, 3.05) is 0 Å². The Morgan fingerprint density at radius 2 is 1.65 bits per heavy atom. The van der Waals surface area contributed by atoms with Gasteiger partial charge in [0.1, 0.15) is 11.7 Å². The summed E-state index contributed by atoms with van der Waals surface area (Å²) in [7, 11) is 0. The molecule has 34 heavy (non-hydrogen) atoms. The first-order valence-electron chi connectivity index (χ1n) is 12.2. The maximum Gasteiger partial charge on any atom is 0.273 e. The van der Waals surface area contributed by atoms with Gasteiger partial charge in [-0.2, -0.15) is 0 Å². The summed E-state index contributed by atoms with van der Waals surface area (Å²) in [4.78, 5) is 33.7. The molecule has 1 saturated carbocycles. The van der Waals surface area contributed by atoms with Gasteiger partial charge in [0.05, 0.1) is 0 Å². The first-order chi connectivity index (χ1) is 16.5. The molecule has 176 valence electrons. The molecule has 1 atom stereocenters. The van der Waals surface area contributed by atoms with Crippen molar-refractivity contribution in [3.8, 4) is 0 Å². The average Bonchev–Trinajstić information content (AvgIpc) is 2.86. The third-order valence-corrected chi connectivity index (χ3v) is 6.61. The molecule has 4 rings (SSSR count). The van der Waals surface area contributed by atoms with Crippen LogP contribution in [0.2, 0.25) is 0 Å². The van der Waals surface area contributed by atoms with E-state index in [2.05, 4.69) is 10.3 Å². The summed E-state index contributed by atoms with van der Waals surface area (Å²) >= 11 is 0. The quantitative estimate of drug-likeness (QED) is 0.509. The van der Waals surface area contributed by atoms with E-state index >= 15 is 0 Å². The van der Waals surface area contributed by atoms with Gasteiger partial charge in [0, 0.05) is 18.8 Å². The van der Waals surface area contributed by atoms with Crippen molar-refractivity contribution in [2.45, 2.75) is 64.6 Å². The molecule has 0 saturated heterocycles. The molecule has 3 aromatic rings. The molecule has 0 radical (unpaired) electrons. The summed E-state index contributed by atoms with van der Waals surface area (Å²) in [6, 6.07) is 20.6. The zero-order valence-electron chi connectivity index (χ0n) is 20.0. The number of amides is 2. The van der Waals surface area contributed by atoms with Crippen molar-refractivity contribution in [1.29, 1.82) is 0 Å². The van der Waals surface area contributed by atoms with Gasteiger partial charge < -0.3 is 10.2 Å². The number of hydrogen-bond donors (Lipinski definition) is 1. The maximum atomic E-state index is 13.9. The minimum Gasteiger partial charge on any atom is -0.351 e.